The van der Waals surface area contributed by atoms with Gasteiger partial charge in [0, 0.05) is 4.47 Å². The van der Waals surface area contributed by atoms with E-state index in [1.165, 1.54) is 25.7 Å². The summed E-state index contributed by atoms with van der Waals surface area (Å²) in [5.41, 5.74) is 3.55. The van der Waals surface area contributed by atoms with Gasteiger partial charge in [-0.1, -0.05) is 40.9 Å². The number of hydrazone groups is 1. The fourth-order valence-corrected chi connectivity index (χ4v) is 2.52. The molecule has 0 aliphatic carbocycles. The maximum absolute atomic E-state index is 11.8. The van der Waals surface area contributed by atoms with Gasteiger partial charge in [0.2, 0.25) is 0 Å². The van der Waals surface area contributed by atoms with Crippen molar-refractivity contribution in [2.45, 2.75) is 25.7 Å². The molecule has 0 bridgehead atoms. The summed E-state index contributed by atoms with van der Waals surface area (Å²) >= 11 is 3.38. The maximum atomic E-state index is 11.8. The minimum Gasteiger partial charge on any atom is -0.294 e. The van der Waals surface area contributed by atoms with Crippen molar-refractivity contribution in [1.82, 2.24) is 10.3 Å². The summed E-state index contributed by atoms with van der Waals surface area (Å²) in [6, 6.07) is 7.77. The molecule has 4 nitrogen and oxygen atoms in total. The highest BCUT2D eigenvalue weighted by Gasteiger charge is 2.12. The molecular formula is C15H20BrN3O. The van der Waals surface area contributed by atoms with Crippen LogP contribution in [0.4, 0.5) is 0 Å². The first-order valence-electron chi connectivity index (χ1n) is 7.04. The molecule has 1 aromatic carbocycles. The summed E-state index contributed by atoms with van der Waals surface area (Å²) in [6.45, 7) is 2.48. The second kappa shape index (κ2) is 8.17. The highest BCUT2D eigenvalue weighted by Crippen LogP contribution is 2.09. The van der Waals surface area contributed by atoms with E-state index in [4.69, 9.17) is 0 Å². The van der Waals surface area contributed by atoms with Gasteiger partial charge in [0.05, 0.1) is 12.8 Å². The Morgan fingerprint density at radius 1 is 1.20 bits per heavy atom. The monoisotopic (exact) mass is 337 g/mol. The van der Waals surface area contributed by atoms with Crippen LogP contribution in [0.5, 0.6) is 0 Å². The van der Waals surface area contributed by atoms with Crippen LogP contribution in [0.1, 0.15) is 31.2 Å². The van der Waals surface area contributed by atoms with Gasteiger partial charge < -0.3 is 0 Å². The number of benzene rings is 1. The van der Waals surface area contributed by atoms with E-state index in [9.17, 15) is 4.79 Å². The van der Waals surface area contributed by atoms with Gasteiger partial charge in [0.1, 0.15) is 0 Å². The van der Waals surface area contributed by atoms with Gasteiger partial charge in [0.25, 0.3) is 5.91 Å². The van der Waals surface area contributed by atoms with Crippen LogP contribution in [-0.2, 0) is 4.79 Å². The zero-order chi connectivity index (χ0) is 14.2. The molecular weight excluding hydrogens is 318 g/mol. The molecule has 0 unspecified atom stereocenters. The Labute approximate surface area is 128 Å². The molecule has 0 atom stereocenters. The third kappa shape index (κ3) is 5.43. The van der Waals surface area contributed by atoms with E-state index < -0.39 is 0 Å². The fraction of sp³-hybridized carbons (Fsp3) is 0.467. The molecule has 0 saturated carbocycles. The lowest BCUT2D eigenvalue weighted by Gasteiger charge is -2.17. The molecule has 20 heavy (non-hydrogen) atoms. The van der Waals surface area contributed by atoms with Crippen LogP contribution in [0.15, 0.2) is 33.8 Å². The number of nitrogens with zero attached hydrogens (tertiary/aromatic N) is 2. The van der Waals surface area contributed by atoms with Crippen molar-refractivity contribution in [3.8, 4) is 0 Å². The lowest BCUT2D eigenvalue weighted by Crippen LogP contribution is -2.35. The number of hydrogen-bond acceptors (Lipinski definition) is 3. The van der Waals surface area contributed by atoms with Crippen LogP contribution in [0.2, 0.25) is 0 Å². The molecule has 108 valence electrons. The Morgan fingerprint density at radius 3 is 2.50 bits per heavy atom. The normalized spacial score (nSPS) is 17.1. The number of halogens is 1. The summed E-state index contributed by atoms with van der Waals surface area (Å²) in [6.07, 6.45) is 6.59. The largest absolute Gasteiger partial charge is 0.294 e. The van der Waals surface area contributed by atoms with Gasteiger partial charge in [0.15, 0.2) is 0 Å². The number of carbonyl (C=O) groups is 1. The van der Waals surface area contributed by atoms with E-state index in [0.29, 0.717) is 6.54 Å². The van der Waals surface area contributed by atoms with Crippen molar-refractivity contribution < 1.29 is 4.79 Å². The standard InChI is InChI=1S/C15H20BrN3O/c16-14-7-5-13(6-8-14)11-17-18-15(20)12-19-9-3-1-2-4-10-19/h5-8,11H,1-4,9-10,12H2,(H,18,20)/b17-11-. The van der Waals surface area contributed by atoms with Crippen molar-refractivity contribution in [2.75, 3.05) is 19.6 Å². The minimum atomic E-state index is -0.0414. The topological polar surface area (TPSA) is 44.7 Å². The lowest BCUT2D eigenvalue weighted by molar-refractivity contribution is -0.122. The number of hydrogen-bond donors (Lipinski definition) is 1. The molecule has 0 spiro atoms. The second-order valence-corrected chi connectivity index (χ2v) is 5.95. The number of likely N-dealkylation sites (tertiary alicyclic amines) is 1. The summed E-state index contributed by atoms with van der Waals surface area (Å²) in [5.74, 6) is -0.0414. The van der Waals surface area contributed by atoms with Crippen LogP contribution in [0, 0.1) is 0 Å². The third-order valence-electron chi connectivity index (χ3n) is 3.34. The zero-order valence-electron chi connectivity index (χ0n) is 11.5. The van der Waals surface area contributed by atoms with Gasteiger partial charge in [-0.3, -0.25) is 9.69 Å². The van der Waals surface area contributed by atoms with Gasteiger partial charge in [-0.2, -0.15) is 5.10 Å². The first-order valence-corrected chi connectivity index (χ1v) is 7.83. The van der Waals surface area contributed by atoms with Crippen molar-refractivity contribution >= 4 is 28.1 Å². The number of nitrogens with one attached hydrogen (secondary N) is 1. The molecule has 1 saturated heterocycles. The smallest absolute Gasteiger partial charge is 0.254 e. The van der Waals surface area contributed by atoms with Crippen molar-refractivity contribution in [3.05, 3.63) is 34.3 Å². The number of amides is 1. The molecule has 1 aromatic rings. The quantitative estimate of drug-likeness (QED) is 0.678. The van der Waals surface area contributed by atoms with E-state index in [2.05, 4.69) is 31.4 Å². The second-order valence-electron chi connectivity index (χ2n) is 5.04. The molecule has 0 aromatic heterocycles. The van der Waals surface area contributed by atoms with Gasteiger partial charge >= 0.3 is 0 Å². The molecule has 1 fully saturated rings. The van der Waals surface area contributed by atoms with E-state index >= 15 is 0 Å². The van der Waals surface area contributed by atoms with Crippen molar-refractivity contribution in [1.29, 1.82) is 0 Å². The Bertz CT molecular complexity index is 451. The van der Waals surface area contributed by atoms with Gasteiger partial charge in [-0.25, -0.2) is 5.43 Å². The molecule has 1 aliphatic rings. The van der Waals surface area contributed by atoms with Gasteiger partial charge in [-0.05, 0) is 43.6 Å². The Morgan fingerprint density at radius 2 is 1.85 bits per heavy atom. The van der Waals surface area contributed by atoms with Gasteiger partial charge in [-0.15, -0.1) is 0 Å². The molecule has 5 heteroatoms. The molecule has 2 rings (SSSR count). The Hall–Kier alpha value is -1.20. The number of rotatable bonds is 4. The maximum Gasteiger partial charge on any atom is 0.254 e. The Balaban J connectivity index is 1.75. The van der Waals surface area contributed by atoms with Crippen molar-refractivity contribution in [2.24, 2.45) is 5.10 Å². The average molecular weight is 338 g/mol. The van der Waals surface area contributed by atoms with E-state index in [1.54, 1.807) is 6.21 Å². The summed E-state index contributed by atoms with van der Waals surface area (Å²) in [4.78, 5) is 14.0. The van der Waals surface area contributed by atoms with Crippen LogP contribution < -0.4 is 5.43 Å². The molecule has 0 radical (unpaired) electrons. The first-order chi connectivity index (χ1) is 9.74. The summed E-state index contributed by atoms with van der Waals surface area (Å²) in [5, 5.41) is 3.99. The summed E-state index contributed by atoms with van der Waals surface area (Å²) in [7, 11) is 0. The van der Waals surface area contributed by atoms with Crippen LogP contribution in [-0.4, -0.2) is 36.7 Å². The average Bonchev–Trinajstić information content (AvgIpc) is 2.70. The molecule has 1 N–H and O–H groups in total. The summed E-state index contributed by atoms with van der Waals surface area (Å²) < 4.78 is 1.03. The lowest BCUT2D eigenvalue weighted by atomic mass is 10.2. The molecule has 1 amide bonds. The van der Waals surface area contributed by atoms with E-state index in [1.807, 2.05) is 24.3 Å². The Kier molecular flexibility index (Phi) is 6.21. The third-order valence-corrected chi connectivity index (χ3v) is 3.87. The highest BCUT2D eigenvalue weighted by molar-refractivity contribution is 9.10. The van der Waals surface area contributed by atoms with Crippen LogP contribution >= 0.6 is 15.9 Å². The van der Waals surface area contributed by atoms with E-state index in [0.717, 1.165) is 23.1 Å². The highest BCUT2D eigenvalue weighted by atomic mass is 79.9. The SMILES string of the molecule is O=C(CN1CCCCCC1)N/N=C\c1ccc(Br)cc1. The van der Waals surface area contributed by atoms with Crippen LogP contribution in [0.25, 0.3) is 0 Å². The minimum absolute atomic E-state index is 0.0414. The first kappa shape index (κ1) is 15.2. The fourth-order valence-electron chi connectivity index (χ4n) is 2.26. The number of carbonyl (C=O) groups excluding carboxylic acids is 1. The van der Waals surface area contributed by atoms with Crippen molar-refractivity contribution in [3.63, 3.8) is 0 Å². The molecule has 1 aliphatic heterocycles. The van der Waals surface area contributed by atoms with Crippen LogP contribution in [0.3, 0.4) is 0 Å². The predicted octanol–water partition coefficient (Wildman–Crippen LogP) is 2.78. The zero-order valence-corrected chi connectivity index (χ0v) is 13.1. The predicted molar refractivity (Wildman–Crippen MR) is 84.8 cm³/mol. The molecule has 1 heterocycles. The van der Waals surface area contributed by atoms with E-state index in [-0.39, 0.29) is 5.91 Å².